The van der Waals surface area contributed by atoms with E-state index in [0.29, 0.717) is 5.82 Å². The normalized spacial score (nSPS) is 10.3. The van der Waals surface area contributed by atoms with Crippen LogP contribution < -0.4 is 5.73 Å². The maximum Gasteiger partial charge on any atom is 0.156 e. The molecule has 0 saturated carbocycles. The van der Waals surface area contributed by atoms with Crippen LogP contribution in [0.5, 0.6) is 0 Å². The van der Waals surface area contributed by atoms with E-state index in [2.05, 4.69) is 56.8 Å². The van der Waals surface area contributed by atoms with Crippen molar-refractivity contribution in [2.24, 2.45) is 0 Å². The van der Waals surface area contributed by atoms with Crippen LogP contribution in [0.2, 0.25) is 0 Å². The lowest BCUT2D eigenvalue weighted by molar-refractivity contribution is 1.07. The number of anilines is 1. The highest BCUT2D eigenvalue weighted by Crippen LogP contribution is 2.24. The van der Waals surface area contributed by atoms with Crippen LogP contribution in [0.15, 0.2) is 41.7 Å². The predicted octanol–water partition coefficient (Wildman–Crippen LogP) is 2.96. The Morgan fingerprint density at radius 1 is 1.12 bits per heavy atom. The molecule has 0 unspecified atom stereocenters. The first-order chi connectivity index (χ1) is 7.75. The number of nitrogens with two attached hydrogens (primary N) is 1. The maximum absolute atomic E-state index is 5.71. The van der Waals surface area contributed by atoms with Crippen molar-refractivity contribution < 1.29 is 0 Å². The van der Waals surface area contributed by atoms with Gasteiger partial charge in [-0.15, -0.1) is 0 Å². The highest BCUT2D eigenvalue weighted by molar-refractivity contribution is 14.1. The van der Waals surface area contributed by atoms with Gasteiger partial charge in [-0.3, -0.25) is 0 Å². The van der Waals surface area contributed by atoms with Crippen molar-refractivity contribution in [3.05, 3.63) is 45.8 Å². The molecular formula is C11H10IN3S. The second-order valence-electron chi connectivity index (χ2n) is 3.16. The molecule has 0 radical (unpaired) electrons. The number of hydrogen-bond donors (Lipinski definition) is 1. The summed E-state index contributed by atoms with van der Waals surface area (Å²) in [5.41, 5.74) is 6.97. The Morgan fingerprint density at radius 2 is 1.81 bits per heavy atom. The molecule has 82 valence electrons. The van der Waals surface area contributed by atoms with Gasteiger partial charge in [-0.25, -0.2) is 9.97 Å². The topological polar surface area (TPSA) is 51.8 Å². The summed E-state index contributed by atoms with van der Waals surface area (Å²) in [6.45, 7) is 0. The first-order valence-electron chi connectivity index (χ1n) is 4.69. The summed E-state index contributed by atoms with van der Waals surface area (Å²) in [6.07, 6.45) is 3.26. The van der Waals surface area contributed by atoms with Gasteiger partial charge < -0.3 is 5.73 Å². The van der Waals surface area contributed by atoms with Gasteiger partial charge in [0, 0.05) is 21.7 Å². The molecule has 2 rings (SSSR count). The molecule has 0 fully saturated rings. The molecule has 0 aliphatic carbocycles. The monoisotopic (exact) mass is 343 g/mol. The van der Waals surface area contributed by atoms with Crippen LogP contribution in [-0.4, -0.2) is 9.97 Å². The quantitative estimate of drug-likeness (QED) is 0.688. The fourth-order valence-electron chi connectivity index (χ4n) is 1.18. The first kappa shape index (κ1) is 11.7. The van der Waals surface area contributed by atoms with E-state index >= 15 is 0 Å². The van der Waals surface area contributed by atoms with Crippen molar-refractivity contribution in [1.82, 2.24) is 9.97 Å². The average molecular weight is 343 g/mol. The van der Waals surface area contributed by atoms with Crippen molar-refractivity contribution in [2.75, 3.05) is 5.73 Å². The number of rotatable bonds is 3. The molecule has 0 amide bonds. The largest absolute Gasteiger partial charge is 0.381 e. The van der Waals surface area contributed by atoms with E-state index in [1.54, 1.807) is 24.2 Å². The number of hydrogen-bond acceptors (Lipinski definition) is 4. The van der Waals surface area contributed by atoms with Gasteiger partial charge in [0.2, 0.25) is 0 Å². The van der Waals surface area contributed by atoms with Crippen molar-refractivity contribution in [3.8, 4) is 0 Å². The van der Waals surface area contributed by atoms with Gasteiger partial charge in [0.25, 0.3) is 0 Å². The van der Waals surface area contributed by atoms with Gasteiger partial charge in [0.1, 0.15) is 5.03 Å². The second-order valence-corrected chi connectivity index (χ2v) is 5.37. The lowest BCUT2D eigenvalue weighted by Crippen LogP contribution is -1.94. The van der Waals surface area contributed by atoms with Gasteiger partial charge in [-0.1, -0.05) is 23.9 Å². The van der Waals surface area contributed by atoms with Crippen molar-refractivity contribution in [2.45, 2.75) is 10.8 Å². The molecule has 5 heteroatoms. The summed E-state index contributed by atoms with van der Waals surface area (Å²) >= 11 is 3.90. The van der Waals surface area contributed by atoms with E-state index in [0.717, 1.165) is 10.8 Å². The SMILES string of the molecule is Nc1nccnc1SCc1ccc(I)cc1. The number of halogens is 1. The van der Waals surface area contributed by atoms with Gasteiger partial charge in [-0.05, 0) is 40.3 Å². The molecule has 0 atom stereocenters. The zero-order valence-electron chi connectivity index (χ0n) is 8.43. The Labute approximate surface area is 112 Å². The van der Waals surface area contributed by atoms with Gasteiger partial charge in [-0.2, -0.15) is 0 Å². The molecule has 0 aliphatic rings. The van der Waals surface area contributed by atoms with Crippen LogP contribution >= 0.6 is 34.4 Å². The number of nitrogen functional groups attached to an aromatic ring is 1. The standard InChI is InChI=1S/C11H10IN3S/c12-9-3-1-8(2-4-9)7-16-11-10(13)14-5-6-15-11/h1-6H,7H2,(H2,13,14). The molecule has 0 spiro atoms. The summed E-state index contributed by atoms with van der Waals surface area (Å²) in [5.74, 6) is 1.36. The second kappa shape index (κ2) is 5.49. The van der Waals surface area contributed by atoms with Gasteiger partial charge >= 0.3 is 0 Å². The van der Waals surface area contributed by atoms with E-state index in [4.69, 9.17) is 5.73 Å². The zero-order valence-corrected chi connectivity index (χ0v) is 11.4. The minimum Gasteiger partial charge on any atom is -0.381 e. The highest BCUT2D eigenvalue weighted by atomic mass is 127. The summed E-state index contributed by atoms with van der Waals surface area (Å²) in [7, 11) is 0. The van der Waals surface area contributed by atoms with E-state index in [-0.39, 0.29) is 0 Å². The maximum atomic E-state index is 5.71. The van der Waals surface area contributed by atoms with E-state index in [1.165, 1.54) is 9.13 Å². The van der Waals surface area contributed by atoms with Crippen molar-refractivity contribution in [1.29, 1.82) is 0 Å². The lowest BCUT2D eigenvalue weighted by Gasteiger charge is -2.03. The fraction of sp³-hybridized carbons (Fsp3) is 0.0909. The zero-order chi connectivity index (χ0) is 11.4. The Balaban J connectivity index is 2.02. The smallest absolute Gasteiger partial charge is 0.156 e. The molecule has 1 heterocycles. The summed E-state index contributed by atoms with van der Waals surface area (Å²) < 4.78 is 1.24. The summed E-state index contributed by atoms with van der Waals surface area (Å²) in [5, 5.41) is 0.793. The minimum absolute atomic E-state index is 0.498. The third-order valence-corrected chi connectivity index (χ3v) is 3.76. The summed E-state index contributed by atoms with van der Waals surface area (Å²) in [4.78, 5) is 8.18. The van der Waals surface area contributed by atoms with Gasteiger partial charge in [0.15, 0.2) is 5.82 Å². The number of nitrogens with zero attached hydrogens (tertiary/aromatic N) is 2. The summed E-state index contributed by atoms with van der Waals surface area (Å²) in [6, 6.07) is 8.41. The molecule has 3 nitrogen and oxygen atoms in total. The Bertz CT molecular complexity index is 473. The van der Waals surface area contributed by atoms with Crippen molar-refractivity contribution >= 4 is 40.2 Å². The predicted molar refractivity (Wildman–Crippen MR) is 75.2 cm³/mol. The molecule has 0 bridgehead atoms. The van der Waals surface area contributed by atoms with E-state index < -0.39 is 0 Å². The van der Waals surface area contributed by atoms with Gasteiger partial charge in [0.05, 0.1) is 0 Å². The Hall–Kier alpha value is -0.820. The van der Waals surface area contributed by atoms with Crippen LogP contribution in [0, 0.1) is 3.57 Å². The third kappa shape index (κ3) is 3.08. The van der Waals surface area contributed by atoms with Crippen LogP contribution in [0.4, 0.5) is 5.82 Å². The molecule has 0 aliphatic heterocycles. The fourth-order valence-corrected chi connectivity index (χ4v) is 2.37. The minimum atomic E-state index is 0.498. The Kier molecular flexibility index (Phi) is 4.00. The highest BCUT2D eigenvalue weighted by Gasteiger charge is 2.02. The van der Waals surface area contributed by atoms with Crippen LogP contribution in [-0.2, 0) is 5.75 Å². The van der Waals surface area contributed by atoms with Crippen LogP contribution in [0.25, 0.3) is 0 Å². The molecule has 2 N–H and O–H groups in total. The molecule has 2 aromatic rings. The molecule has 1 aromatic heterocycles. The Morgan fingerprint density at radius 3 is 2.50 bits per heavy atom. The number of benzene rings is 1. The van der Waals surface area contributed by atoms with Crippen LogP contribution in [0.1, 0.15) is 5.56 Å². The van der Waals surface area contributed by atoms with Crippen molar-refractivity contribution in [3.63, 3.8) is 0 Å². The van der Waals surface area contributed by atoms with E-state index in [1.807, 2.05) is 0 Å². The average Bonchev–Trinajstić information content (AvgIpc) is 2.30. The lowest BCUT2D eigenvalue weighted by atomic mass is 10.2. The molecular weight excluding hydrogens is 333 g/mol. The van der Waals surface area contributed by atoms with E-state index in [9.17, 15) is 0 Å². The molecule has 16 heavy (non-hydrogen) atoms. The molecule has 0 saturated heterocycles. The first-order valence-corrected chi connectivity index (χ1v) is 6.76. The third-order valence-electron chi connectivity index (χ3n) is 1.98. The van der Waals surface area contributed by atoms with Crippen LogP contribution in [0.3, 0.4) is 0 Å². The molecule has 1 aromatic carbocycles. The number of thioether (sulfide) groups is 1. The number of aromatic nitrogens is 2.